The second kappa shape index (κ2) is 9.58. The summed E-state index contributed by atoms with van der Waals surface area (Å²) < 4.78 is 5.02. The van der Waals surface area contributed by atoms with E-state index in [4.69, 9.17) is 0 Å². The van der Waals surface area contributed by atoms with Crippen molar-refractivity contribution in [1.82, 2.24) is 13.9 Å². The van der Waals surface area contributed by atoms with Crippen LogP contribution in [-0.2, 0) is 0 Å². The summed E-state index contributed by atoms with van der Waals surface area (Å²) in [6.45, 7) is 40.5. The van der Waals surface area contributed by atoms with Crippen molar-refractivity contribution in [2.24, 2.45) is 0 Å². The van der Waals surface area contributed by atoms with E-state index in [1.807, 2.05) is 12.1 Å². The molecule has 0 aromatic heterocycles. The maximum absolute atomic E-state index is 3.46. The van der Waals surface area contributed by atoms with E-state index < -0.39 is 0 Å². The van der Waals surface area contributed by atoms with Crippen LogP contribution in [0.25, 0.3) is 0 Å². The average Bonchev–Trinajstić information content (AvgIpc) is 2.15. The molecule has 0 radical (unpaired) electrons. The standard InChI is InChI=1S/C16H36N2S.C8H19N/c1-13(2,3)17(14(4,5)6)19-18(15(7,8)9)16(10,11)12;1-7(2,3)9-8(4,5)6/h1-12H3;9H,1-6H3. The van der Waals surface area contributed by atoms with Crippen molar-refractivity contribution in [3.8, 4) is 0 Å². The Labute approximate surface area is 184 Å². The van der Waals surface area contributed by atoms with Gasteiger partial charge in [-0.1, -0.05) is 0 Å². The van der Waals surface area contributed by atoms with Gasteiger partial charge in [0.15, 0.2) is 0 Å². The molecule has 0 saturated heterocycles. The van der Waals surface area contributed by atoms with Crippen molar-refractivity contribution >= 4 is 12.1 Å². The second-order valence-corrected chi connectivity index (χ2v) is 14.9. The predicted octanol–water partition coefficient (Wildman–Crippen LogP) is 7.52. The van der Waals surface area contributed by atoms with E-state index >= 15 is 0 Å². The zero-order chi connectivity index (χ0) is 23.6. The highest BCUT2D eigenvalue weighted by molar-refractivity contribution is 7.94. The van der Waals surface area contributed by atoms with Crippen molar-refractivity contribution < 1.29 is 0 Å². The number of hydrogen-bond acceptors (Lipinski definition) is 4. The molecule has 0 amide bonds. The minimum atomic E-state index is 0.123. The normalized spacial score (nSPS) is 15.0. The smallest absolute Gasteiger partial charge is 0.0247 e. The Bertz CT molecular complexity index is 373. The average molecular weight is 418 g/mol. The molecular formula is C24H55N3S. The molecule has 0 aliphatic carbocycles. The van der Waals surface area contributed by atoms with Crippen LogP contribution >= 0.6 is 12.1 Å². The Hall–Kier alpha value is 0.230. The van der Waals surface area contributed by atoms with Gasteiger partial charge in [0.25, 0.3) is 0 Å². The monoisotopic (exact) mass is 417 g/mol. The first-order valence-corrected chi connectivity index (χ1v) is 11.5. The Morgan fingerprint density at radius 3 is 0.643 bits per heavy atom. The van der Waals surface area contributed by atoms with Gasteiger partial charge in [-0.15, -0.1) is 0 Å². The molecule has 0 aromatic rings. The minimum absolute atomic E-state index is 0.123. The summed E-state index contributed by atoms with van der Waals surface area (Å²) in [7, 11) is 0. The van der Waals surface area contributed by atoms with Gasteiger partial charge >= 0.3 is 0 Å². The molecule has 172 valence electrons. The van der Waals surface area contributed by atoms with Crippen LogP contribution in [-0.4, -0.2) is 41.8 Å². The highest BCUT2D eigenvalue weighted by Gasteiger charge is 2.40. The molecule has 0 unspecified atom stereocenters. The van der Waals surface area contributed by atoms with Crippen LogP contribution in [0, 0.1) is 0 Å². The van der Waals surface area contributed by atoms with Crippen LogP contribution < -0.4 is 5.32 Å². The lowest BCUT2D eigenvalue weighted by molar-refractivity contribution is 0.112. The largest absolute Gasteiger partial charge is 0.307 e. The molecule has 0 heterocycles. The number of nitrogens with zero attached hydrogens (tertiary/aromatic N) is 2. The Kier molecular flexibility index (Phi) is 10.4. The van der Waals surface area contributed by atoms with Gasteiger partial charge in [0.2, 0.25) is 0 Å². The van der Waals surface area contributed by atoms with E-state index in [2.05, 4.69) is 139 Å². The maximum Gasteiger partial charge on any atom is 0.0247 e. The van der Waals surface area contributed by atoms with Gasteiger partial charge in [-0.3, -0.25) is 0 Å². The summed E-state index contributed by atoms with van der Waals surface area (Å²) in [5.41, 5.74) is 0.959. The van der Waals surface area contributed by atoms with Gasteiger partial charge in [0.05, 0.1) is 0 Å². The third-order valence-electron chi connectivity index (χ3n) is 3.35. The van der Waals surface area contributed by atoms with E-state index in [1.165, 1.54) is 0 Å². The molecule has 3 nitrogen and oxygen atoms in total. The molecule has 1 N–H and O–H groups in total. The molecule has 0 spiro atoms. The van der Waals surface area contributed by atoms with Crippen molar-refractivity contribution in [2.45, 2.75) is 158 Å². The van der Waals surface area contributed by atoms with Crippen LogP contribution in [0.5, 0.6) is 0 Å². The van der Waals surface area contributed by atoms with Crippen LogP contribution in [0.2, 0.25) is 0 Å². The Morgan fingerprint density at radius 1 is 0.393 bits per heavy atom. The van der Waals surface area contributed by atoms with Crippen LogP contribution in [0.4, 0.5) is 0 Å². The second-order valence-electron chi connectivity index (χ2n) is 14.0. The zero-order valence-corrected chi connectivity index (χ0v) is 23.6. The molecule has 0 aromatic carbocycles. The van der Waals surface area contributed by atoms with E-state index in [-0.39, 0.29) is 33.2 Å². The van der Waals surface area contributed by atoms with Gasteiger partial charge in [-0.2, -0.15) is 0 Å². The number of nitrogens with one attached hydrogen (secondary N) is 1. The minimum Gasteiger partial charge on any atom is -0.307 e. The summed E-state index contributed by atoms with van der Waals surface area (Å²) in [6.07, 6.45) is 0. The van der Waals surface area contributed by atoms with Gasteiger partial charge in [0, 0.05) is 45.4 Å². The molecule has 0 aliphatic rings. The van der Waals surface area contributed by atoms with Crippen LogP contribution in [0.3, 0.4) is 0 Å². The lowest BCUT2D eigenvalue weighted by Crippen LogP contribution is -2.55. The highest BCUT2D eigenvalue weighted by atomic mass is 32.2. The third-order valence-corrected chi connectivity index (χ3v) is 5.87. The SMILES string of the molecule is CC(C)(C)N(SN(C(C)(C)C)C(C)(C)C)C(C)(C)C.CC(C)(C)NC(C)(C)C. The van der Waals surface area contributed by atoms with Crippen LogP contribution in [0.1, 0.15) is 125 Å². The van der Waals surface area contributed by atoms with Crippen molar-refractivity contribution in [3.63, 3.8) is 0 Å². The zero-order valence-electron chi connectivity index (χ0n) is 22.8. The fourth-order valence-corrected chi connectivity index (χ4v) is 4.85. The molecule has 0 rings (SSSR count). The molecule has 0 saturated carbocycles. The predicted molar refractivity (Wildman–Crippen MR) is 133 cm³/mol. The van der Waals surface area contributed by atoms with Crippen molar-refractivity contribution in [3.05, 3.63) is 0 Å². The van der Waals surface area contributed by atoms with Gasteiger partial charge < -0.3 is 5.32 Å². The summed E-state index contributed by atoms with van der Waals surface area (Å²) in [6, 6.07) is 0. The maximum atomic E-state index is 3.46. The van der Waals surface area contributed by atoms with E-state index in [0.29, 0.717) is 0 Å². The summed E-state index contributed by atoms with van der Waals surface area (Å²) in [5.74, 6) is 0. The molecule has 4 heteroatoms. The Morgan fingerprint density at radius 2 is 0.571 bits per heavy atom. The van der Waals surface area contributed by atoms with Gasteiger partial charge in [-0.05, 0) is 125 Å². The van der Waals surface area contributed by atoms with Crippen LogP contribution in [0.15, 0.2) is 0 Å². The molecule has 0 bridgehead atoms. The highest BCUT2D eigenvalue weighted by Crippen LogP contribution is 2.41. The van der Waals surface area contributed by atoms with Crippen molar-refractivity contribution in [2.75, 3.05) is 0 Å². The summed E-state index contributed by atoms with van der Waals surface area (Å²) in [5, 5.41) is 3.46. The topological polar surface area (TPSA) is 18.5 Å². The fraction of sp³-hybridized carbons (Fsp3) is 1.00. The Balaban J connectivity index is 0. The first-order chi connectivity index (χ1) is 11.7. The molecule has 28 heavy (non-hydrogen) atoms. The molecule has 0 fully saturated rings. The fourth-order valence-electron chi connectivity index (χ4n) is 3.71. The molecular weight excluding hydrogens is 362 g/mol. The number of hydrogen-bond donors (Lipinski definition) is 1. The van der Waals surface area contributed by atoms with Crippen molar-refractivity contribution in [1.29, 1.82) is 0 Å². The van der Waals surface area contributed by atoms with E-state index in [1.54, 1.807) is 0 Å². The summed E-state index contributed by atoms with van der Waals surface area (Å²) in [4.78, 5) is 0. The number of rotatable bonds is 2. The third kappa shape index (κ3) is 14.3. The van der Waals surface area contributed by atoms with Gasteiger partial charge in [-0.25, -0.2) is 8.61 Å². The first-order valence-electron chi connectivity index (χ1n) is 10.8. The molecule has 0 aliphatic heterocycles. The quantitative estimate of drug-likeness (QED) is 0.468. The molecule has 0 atom stereocenters. The lowest BCUT2D eigenvalue weighted by Gasteiger charge is -2.52. The van der Waals surface area contributed by atoms with Gasteiger partial charge in [0.1, 0.15) is 0 Å². The first kappa shape index (κ1) is 30.4. The lowest BCUT2D eigenvalue weighted by atomic mass is 10.0. The summed E-state index contributed by atoms with van der Waals surface area (Å²) >= 11 is 1.88. The van der Waals surface area contributed by atoms with E-state index in [0.717, 1.165) is 0 Å². The van der Waals surface area contributed by atoms with E-state index in [9.17, 15) is 0 Å².